The second kappa shape index (κ2) is 9.56. The van der Waals surface area contributed by atoms with Crippen molar-refractivity contribution in [1.82, 2.24) is 4.90 Å². The number of methoxy groups -OCH3 is 1. The smallest absolute Gasteiger partial charge is 0.332 e. The lowest BCUT2D eigenvalue weighted by Crippen LogP contribution is -2.37. The molecule has 1 aliphatic rings. The average molecular weight is 444 g/mol. The summed E-state index contributed by atoms with van der Waals surface area (Å²) < 4.78 is 5.17. The first kappa shape index (κ1) is 22.1. The van der Waals surface area contributed by atoms with Crippen LogP contribution in [-0.2, 0) is 16.1 Å². The normalized spacial score (nSPS) is 15.6. The van der Waals surface area contributed by atoms with Crippen molar-refractivity contribution in [2.24, 2.45) is 0 Å². The van der Waals surface area contributed by atoms with Gasteiger partial charge in [0.15, 0.2) is 0 Å². The summed E-state index contributed by atoms with van der Waals surface area (Å²) in [7, 11) is 1.55. The Labute approximate surface area is 192 Å². The SMILES string of the molecule is COc1ccc(N2C(=O)[C@H](CC(=O)Nc3ccccc3)N(Cc3ccc(C)cc3)C2=O)cc1. The summed E-state index contributed by atoms with van der Waals surface area (Å²) >= 11 is 0. The molecule has 0 aliphatic carbocycles. The maximum atomic E-state index is 13.4. The molecule has 1 aliphatic heterocycles. The number of hydrogen-bond donors (Lipinski definition) is 1. The van der Waals surface area contributed by atoms with Crippen molar-refractivity contribution in [3.8, 4) is 5.75 Å². The molecule has 33 heavy (non-hydrogen) atoms. The van der Waals surface area contributed by atoms with Crippen LogP contribution >= 0.6 is 0 Å². The Balaban J connectivity index is 1.60. The number of nitrogens with one attached hydrogen (secondary N) is 1. The molecule has 3 aromatic carbocycles. The second-order valence-electron chi connectivity index (χ2n) is 7.90. The van der Waals surface area contributed by atoms with E-state index in [2.05, 4.69) is 5.32 Å². The van der Waals surface area contributed by atoms with Gasteiger partial charge in [-0.05, 0) is 48.9 Å². The summed E-state index contributed by atoms with van der Waals surface area (Å²) in [4.78, 5) is 42.1. The molecule has 0 bridgehead atoms. The van der Waals surface area contributed by atoms with Crippen molar-refractivity contribution in [2.45, 2.75) is 25.9 Å². The number of hydrogen-bond acceptors (Lipinski definition) is 4. The van der Waals surface area contributed by atoms with E-state index in [1.165, 1.54) is 4.90 Å². The van der Waals surface area contributed by atoms with Crippen LogP contribution in [0, 0.1) is 6.92 Å². The first-order valence-electron chi connectivity index (χ1n) is 10.7. The van der Waals surface area contributed by atoms with Crippen LogP contribution in [0.25, 0.3) is 0 Å². The van der Waals surface area contributed by atoms with Crippen LogP contribution < -0.4 is 15.0 Å². The van der Waals surface area contributed by atoms with Crippen LogP contribution in [0.15, 0.2) is 78.9 Å². The average Bonchev–Trinajstić information content (AvgIpc) is 3.05. The third kappa shape index (κ3) is 4.87. The van der Waals surface area contributed by atoms with Crippen LogP contribution in [0.4, 0.5) is 16.2 Å². The molecular formula is C26H25N3O4. The molecule has 7 heteroatoms. The summed E-state index contributed by atoms with van der Waals surface area (Å²) in [6.45, 7) is 2.21. The second-order valence-corrected chi connectivity index (χ2v) is 7.90. The van der Waals surface area contributed by atoms with Gasteiger partial charge in [0.1, 0.15) is 11.8 Å². The van der Waals surface area contributed by atoms with Gasteiger partial charge in [-0.15, -0.1) is 0 Å². The highest BCUT2D eigenvalue weighted by atomic mass is 16.5. The van der Waals surface area contributed by atoms with Crippen molar-refractivity contribution < 1.29 is 19.1 Å². The summed E-state index contributed by atoms with van der Waals surface area (Å²) in [5.74, 6) is -0.147. The molecule has 7 nitrogen and oxygen atoms in total. The molecule has 168 valence electrons. The third-order valence-corrected chi connectivity index (χ3v) is 5.56. The first-order valence-corrected chi connectivity index (χ1v) is 10.7. The van der Waals surface area contributed by atoms with Gasteiger partial charge >= 0.3 is 6.03 Å². The van der Waals surface area contributed by atoms with Gasteiger partial charge in [-0.3, -0.25) is 9.59 Å². The Hall–Kier alpha value is -4.13. The van der Waals surface area contributed by atoms with Crippen LogP contribution in [-0.4, -0.2) is 35.9 Å². The number of carbonyl (C=O) groups is 3. The number of urea groups is 1. The van der Waals surface area contributed by atoms with E-state index in [4.69, 9.17) is 4.74 Å². The number of ether oxygens (including phenoxy) is 1. The molecule has 0 spiro atoms. The fourth-order valence-electron chi connectivity index (χ4n) is 3.78. The molecule has 1 fully saturated rings. The first-order chi connectivity index (χ1) is 16.0. The molecule has 0 aromatic heterocycles. The van der Waals surface area contributed by atoms with E-state index < -0.39 is 18.0 Å². The van der Waals surface area contributed by atoms with E-state index in [-0.39, 0.29) is 18.9 Å². The number of aryl methyl sites for hydroxylation is 1. The fourth-order valence-corrected chi connectivity index (χ4v) is 3.78. The molecule has 1 N–H and O–H groups in total. The lowest BCUT2D eigenvalue weighted by Gasteiger charge is -2.22. The molecule has 0 unspecified atom stereocenters. The van der Waals surface area contributed by atoms with Crippen LogP contribution in [0.2, 0.25) is 0 Å². The van der Waals surface area contributed by atoms with Crippen LogP contribution in [0.5, 0.6) is 5.75 Å². The van der Waals surface area contributed by atoms with Crippen molar-refractivity contribution in [3.05, 3.63) is 90.0 Å². The van der Waals surface area contributed by atoms with Crippen molar-refractivity contribution in [3.63, 3.8) is 0 Å². The van der Waals surface area contributed by atoms with Gasteiger partial charge in [-0.1, -0.05) is 48.0 Å². The van der Waals surface area contributed by atoms with Gasteiger partial charge in [0.25, 0.3) is 5.91 Å². The van der Waals surface area contributed by atoms with Crippen molar-refractivity contribution in [2.75, 3.05) is 17.3 Å². The largest absolute Gasteiger partial charge is 0.497 e. The Kier molecular flexibility index (Phi) is 6.40. The van der Waals surface area contributed by atoms with Gasteiger partial charge < -0.3 is 15.0 Å². The quantitative estimate of drug-likeness (QED) is 0.550. The number of nitrogens with zero attached hydrogens (tertiary/aromatic N) is 2. The zero-order chi connectivity index (χ0) is 23.4. The predicted molar refractivity (Wildman–Crippen MR) is 126 cm³/mol. The van der Waals surface area contributed by atoms with Crippen molar-refractivity contribution >= 4 is 29.2 Å². The van der Waals surface area contributed by atoms with E-state index in [0.717, 1.165) is 16.0 Å². The topological polar surface area (TPSA) is 79.0 Å². The van der Waals surface area contributed by atoms with E-state index >= 15 is 0 Å². The summed E-state index contributed by atoms with van der Waals surface area (Å²) in [6.07, 6.45) is -0.141. The molecule has 0 radical (unpaired) electrons. The van der Waals surface area contributed by atoms with E-state index in [0.29, 0.717) is 17.1 Å². The van der Waals surface area contributed by atoms with Crippen LogP contribution in [0.3, 0.4) is 0 Å². The zero-order valence-corrected chi connectivity index (χ0v) is 18.5. The Morgan fingerprint density at radius 1 is 0.939 bits per heavy atom. The fraction of sp³-hybridized carbons (Fsp3) is 0.192. The Morgan fingerprint density at radius 3 is 2.24 bits per heavy atom. The summed E-state index contributed by atoms with van der Waals surface area (Å²) in [6, 6.07) is 22.1. The molecule has 0 saturated carbocycles. The molecule has 4 amide bonds. The van der Waals surface area contributed by atoms with Crippen molar-refractivity contribution in [1.29, 1.82) is 0 Å². The minimum absolute atomic E-state index is 0.141. The Bertz CT molecular complexity index is 1140. The molecule has 1 heterocycles. The highest BCUT2D eigenvalue weighted by Crippen LogP contribution is 2.30. The maximum Gasteiger partial charge on any atom is 0.332 e. The number of imide groups is 1. The minimum Gasteiger partial charge on any atom is -0.497 e. The van der Waals surface area contributed by atoms with Gasteiger partial charge in [0, 0.05) is 12.2 Å². The molecule has 1 saturated heterocycles. The van der Waals surface area contributed by atoms with Gasteiger partial charge in [0.05, 0.1) is 19.2 Å². The minimum atomic E-state index is -0.912. The number of amides is 4. The van der Waals surface area contributed by atoms with Crippen LogP contribution in [0.1, 0.15) is 17.5 Å². The number of benzene rings is 3. The van der Waals surface area contributed by atoms with E-state index in [1.807, 2.05) is 49.4 Å². The van der Waals surface area contributed by atoms with Gasteiger partial charge in [-0.2, -0.15) is 0 Å². The zero-order valence-electron chi connectivity index (χ0n) is 18.5. The molecule has 3 aromatic rings. The lowest BCUT2D eigenvalue weighted by atomic mass is 10.1. The van der Waals surface area contributed by atoms with E-state index in [1.54, 1.807) is 43.5 Å². The highest BCUT2D eigenvalue weighted by Gasteiger charge is 2.46. The predicted octanol–water partition coefficient (Wildman–Crippen LogP) is 4.37. The van der Waals surface area contributed by atoms with Gasteiger partial charge in [-0.25, -0.2) is 9.69 Å². The number of rotatable bonds is 7. The standard InChI is InChI=1S/C26H25N3O4/c1-18-8-10-19(11-9-18)17-28-23(16-24(30)27-20-6-4-3-5-7-20)25(31)29(26(28)32)21-12-14-22(33-2)15-13-21/h3-15,23H,16-17H2,1-2H3,(H,27,30)/t23-/m0/s1. The third-order valence-electron chi connectivity index (χ3n) is 5.56. The van der Waals surface area contributed by atoms with E-state index in [9.17, 15) is 14.4 Å². The van der Waals surface area contributed by atoms with Gasteiger partial charge in [0.2, 0.25) is 5.91 Å². The molecule has 4 rings (SSSR count). The number of carbonyl (C=O) groups excluding carboxylic acids is 3. The molecular weight excluding hydrogens is 418 g/mol. The molecule has 1 atom stereocenters. The Morgan fingerprint density at radius 2 is 1.61 bits per heavy atom. The summed E-state index contributed by atoms with van der Waals surface area (Å²) in [5, 5.41) is 2.80. The lowest BCUT2D eigenvalue weighted by molar-refractivity contribution is -0.124. The number of para-hydroxylation sites is 1. The monoisotopic (exact) mass is 443 g/mol. The highest BCUT2D eigenvalue weighted by molar-refractivity contribution is 6.22. The number of anilines is 2. The summed E-state index contributed by atoms with van der Waals surface area (Å²) in [5.41, 5.74) is 3.05. The maximum absolute atomic E-state index is 13.4.